The summed E-state index contributed by atoms with van der Waals surface area (Å²) in [6, 6.07) is 9.97. The van der Waals surface area contributed by atoms with E-state index < -0.39 is 11.9 Å². The van der Waals surface area contributed by atoms with Crippen molar-refractivity contribution in [2.24, 2.45) is 11.7 Å². The van der Waals surface area contributed by atoms with Gasteiger partial charge in [-0.2, -0.15) is 0 Å². The van der Waals surface area contributed by atoms with E-state index in [-0.39, 0.29) is 17.7 Å². The molecule has 1 fully saturated rings. The number of carboxylic acid groups (broad SMARTS) is 1. The number of benzene rings is 1. The van der Waals surface area contributed by atoms with E-state index in [1.54, 1.807) is 6.08 Å². The Bertz CT molecular complexity index is 679. The van der Waals surface area contributed by atoms with Crippen molar-refractivity contribution in [1.29, 1.82) is 0 Å². The Hall–Kier alpha value is -2.47. The largest absolute Gasteiger partial charge is 0.481 e. The van der Waals surface area contributed by atoms with E-state index >= 15 is 0 Å². The summed E-state index contributed by atoms with van der Waals surface area (Å²) < 4.78 is 0. The summed E-state index contributed by atoms with van der Waals surface area (Å²) in [6.07, 6.45) is 7.12. The average Bonchev–Trinajstić information content (AvgIpc) is 3.35. The van der Waals surface area contributed by atoms with Crippen LogP contribution in [0.2, 0.25) is 0 Å². The van der Waals surface area contributed by atoms with E-state index in [0.717, 1.165) is 32.2 Å². The number of hydrogen-bond acceptors (Lipinski definition) is 4. The number of aryl methyl sites for hydroxylation is 1. The molecule has 146 valence electrons. The summed E-state index contributed by atoms with van der Waals surface area (Å²) >= 11 is 0. The maximum absolute atomic E-state index is 12.0. The van der Waals surface area contributed by atoms with Crippen molar-refractivity contribution in [2.45, 2.75) is 51.0 Å². The smallest absolute Gasteiger partial charge is 0.311 e. The zero-order valence-corrected chi connectivity index (χ0v) is 15.5. The second-order valence-electron chi connectivity index (χ2n) is 6.94. The number of nitrogens with one attached hydrogen (secondary N) is 1. The number of aliphatic carboxylic acids is 1. The van der Waals surface area contributed by atoms with Crippen molar-refractivity contribution < 1.29 is 19.5 Å². The van der Waals surface area contributed by atoms with Crippen LogP contribution in [-0.4, -0.2) is 35.4 Å². The van der Waals surface area contributed by atoms with Crippen LogP contribution in [0.4, 0.5) is 0 Å². The van der Waals surface area contributed by atoms with E-state index in [4.69, 9.17) is 10.8 Å². The summed E-state index contributed by atoms with van der Waals surface area (Å²) in [5.74, 6) is -1.67. The number of allylic oxidation sites excluding steroid dienone is 1. The van der Waals surface area contributed by atoms with Crippen molar-refractivity contribution in [3.05, 3.63) is 47.5 Å². The zero-order valence-electron chi connectivity index (χ0n) is 15.5. The van der Waals surface area contributed by atoms with Crippen LogP contribution in [0, 0.1) is 5.92 Å². The highest BCUT2D eigenvalue weighted by atomic mass is 16.4. The topological polar surface area (TPSA) is 109 Å². The second kappa shape index (κ2) is 10.6. The van der Waals surface area contributed by atoms with Crippen LogP contribution >= 0.6 is 0 Å². The Labute approximate surface area is 159 Å². The molecule has 0 aromatic heterocycles. The predicted molar refractivity (Wildman–Crippen MR) is 103 cm³/mol. The molecule has 4 N–H and O–H groups in total. The molecule has 6 heteroatoms. The summed E-state index contributed by atoms with van der Waals surface area (Å²) in [5, 5.41) is 12.0. The Balaban J connectivity index is 0.000000273. The van der Waals surface area contributed by atoms with Gasteiger partial charge in [0.2, 0.25) is 5.91 Å². The first-order valence-electron chi connectivity index (χ1n) is 9.51. The maximum atomic E-state index is 12.0. The molecule has 27 heavy (non-hydrogen) atoms. The number of primary amides is 1. The third-order valence-electron chi connectivity index (χ3n) is 4.93. The lowest BCUT2D eigenvalue weighted by atomic mass is 9.95. The molecule has 0 radical (unpaired) electrons. The number of hydrogen-bond donors (Lipinski definition) is 3. The van der Waals surface area contributed by atoms with Gasteiger partial charge < -0.3 is 16.2 Å². The molecule has 6 nitrogen and oxygen atoms in total. The van der Waals surface area contributed by atoms with Gasteiger partial charge in [0.1, 0.15) is 0 Å². The molecule has 0 bridgehead atoms. The minimum Gasteiger partial charge on any atom is -0.481 e. The zero-order chi connectivity index (χ0) is 19.6. The van der Waals surface area contributed by atoms with Gasteiger partial charge in [-0.1, -0.05) is 36.4 Å². The van der Waals surface area contributed by atoms with E-state index in [9.17, 15) is 14.4 Å². The maximum Gasteiger partial charge on any atom is 0.311 e. The van der Waals surface area contributed by atoms with Gasteiger partial charge in [-0.15, -0.1) is 0 Å². The predicted octanol–water partition coefficient (Wildman–Crippen LogP) is 2.22. The van der Waals surface area contributed by atoms with Crippen molar-refractivity contribution in [3.8, 4) is 0 Å². The van der Waals surface area contributed by atoms with E-state index in [0.29, 0.717) is 24.8 Å². The number of carbonyl (C=O) groups excluding carboxylic acids is 2. The SMILES string of the molecule is NC(=O)[C@@H]1CCCN1.O=C(CCCc1ccccc1)C1=CCCC1C(=O)O. The Morgan fingerprint density at radius 2 is 1.89 bits per heavy atom. The Morgan fingerprint density at radius 3 is 2.44 bits per heavy atom. The lowest BCUT2D eigenvalue weighted by Crippen LogP contribution is -2.36. The number of nitrogens with two attached hydrogens (primary N) is 1. The molecular weight excluding hydrogens is 344 g/mol. The molecule has 1 aromatic carbocycles. The average molecular weight is 372 g/mol. The fourth-order valence-corrected chi connectivity index (χ4v) is 3.44. The first-order chi connectivity index (χ1) is 13.0. The monoisotopic (exact) mass is 372 g/mol. The van der Waals surface area contributed by atoms with Crippen molar-refractivity contribution >= 4 is 17.7 Å². The molecular formula is C21H28N2O4. The number of amides is 1. The van der Waals surface area contributed by atoms with Crippen LogP contribution in [-0.2, 0) is 20.8 Å². The molecule has 2 atom stereocenters. The lowest BCUT2D eigenvalue weighted by Gasteiger charge is -2.09. The molecule has 0 spiro atoms. The van der Waals surface area contributed by atoms with Gasteiger partial charge in [-0.3, -0.25) is 14.4 Å². The Kier molecular flexibility index (Phi) is 8.20. The van der Waals surface area contributed by atoms with E-state index in [2.05, 4.69) is 5.32 Å². The van der Waals surface area contributed by atoms with Crippen LogP contribution in [0.15, 0.2) is 42.0 Å². The minimum atomic E-state index is -0.875. The second-order valence-corrected chi connectivity index (χ2v) is 6.94. The molecule has 1 aliphatic carbocycles. The number of carboxylic acids is 1. The fourth-order valence-electron chi connectivity index (χ4n) is 3.44. The molecule has 1 unspecified atom stereocenters. The quantitative estimate of drug-likeness (QED) is 0.680. The van der Waals surface area contributed by atoms with Gasteiger partial charge in [-0.25, -0.2) is 0 Å². The molecule has 0 saturated carbocycles. The first-order valence-corrected chi connectivity index (χ1v) is 9.51. The fraction of sp³-hybridized carbons (Fsp3) is 0.476. The minimum absolute atomic E-state index is 0.000770. The molecule has 1 amide bonds. The highest BCUT2D eigenvalue weighted by molar-refractivity contribution is 6.00. The van der Waals surface area contributed by atoms with Gasteiger partial charge in [0.05, 0.1) is 12.0 Å². The van der Waals surface area contributed by atoms with Gasteiger partial charge in [0.15, 0.2) is 5.78 Å². The van der Waals surface area contributed by atoms with Crippen LogP contribution in [0.5, 0.6) is 0 Å². The number of ketones is 1. The van der Waals surface area contributed by atoms with Crippen LogP contribution < -0.4 is 11.1 Å². The van der Waals surface area contributed by atoms with Crippen molar-refractivity contribution in [2.75, 3.05) is 6.54 Å². The van der Waals surface area contributed by atoms with Gasteiger partial charge in [0.25, 0.3) is 0 Å². The number of rotatable bonds is 7. The van der Waals surface area contributed by atoms with Crippen LogP contribution in [0.25, 0.3) is 0 Å². The molecule has 3 rings (SSSR count). The van der Waals surface area contributed by atoms with Crippen molar-refractivity contribution in [3.63, 3.8) is 0 Å². The molecule has 2 aliphatic rings. The van der Waals surface area contributed by atoms with E-state index in [1.807, 2.05) is 30.3 Å². The molecule has 1 heterocycles. The van der Waals surface area contributed by atoms with Gasteiger partial charge >= 0.3 is 5.97 Å². The summed E-state index contributed by atoms with van der Waals surface area (Å²) in [4.78, 5) is 33.4. The van der Waals surface area contributed by atoms with Crippen LogP contribution in [0.1, 0.15) is 44.1 Å². The molecule has 1 aromatic rings. The van der Waals surface area contributed by atoms with Crippen LogP contribution in [0.3, 0.4) is 0 Å². The van der Waals surface area contributed by atoms with Crippen molar-refractivity contribution in [1.82, 2.24) is 5.32 Å². The standard InChI is InChI=1S/C16H18O3.C5H10N2O/c17-15(13-9-5-10-14(13)16(18)19)11-4-8-12-6-2-1-3-7-12;6-5(8)4-2-1-3-7-4/h1-3,6-7,9,14H,4-5,8,10-11H2,(H,18,19);4,7H,1-3H2,(H2,6,8)/t;4-/m.0/s1. The summed E-state index contributed by atoms with van der Waals surface area (Å²) in [7, 11) is 0. The third kappa shape index (κ3) is 6.64. The summed E-state index contributed by atoms with van der Waals surface area (Å²) in [5.41, 5.74) is 6.72. The molecule has 1 saturated heterocycles. The highest BCUT2D eigenvalue weighted by Gasteiger charge is 2.29. The first kappa shape index (κ1) is 20.8. The highest BCUT2D eigenvalue weighted by Crippen LogP contribution is 2.28. The summed E-state index contributed by atoms with van der Waals surface area (Å²) in [6.45, 7) is 0.938. The lowest BCUT2D eigenvalue weighted by molar-refractivity contribution is -0.141. The molecule has 1 aliphatic heterocycles. The number of Topliss-reactive ketones (excluding diaryl/α,β-unsaturated/α-hetero) is 1. The normalized spacial score (nSPS) is 21.1. The Morgan fingerprint density at radius 1 is 1.15 bits per heavy atom. The number of carbonyl (C=O) groups is 3. The third-order valence-corrected chi connectivity index (χ3v) is 4.93. The van der Waals surface area contributed by atoms with Gasteiger partial charge in [0, 0.05) is 12.0 Å². The van der Waals surface area contributed by atoms with E-state index in [1.165, 1.54) is 5.56 Å². The van der Waals surface area contributed by atoms with Gasteiger partial charge in [-0.05, 0) is 50.6 Å².